The fourth-order valence-corrected chi connectivity index (χ4v) is 2.05. The van der Waals surface area contributed by atoms with E-state index in [0.29, 0.717) is 0 Å². The molecule has 0 bridgehead atoms. The Balaban J connectivity index is 1.92. The van der Waals surface area contributed by atoms with Gasteiger partial charge in [-0.1, -0.05) is 31.9 Å². The molecule has 0 fully saturated rings. The van der Waals surface area contributed by atoms with Gasteiger partial charge >= 0.3 is 0 Å². The lowest BCUT2D eigenvalue weighted by Crippen LogP contribution is -1.91. The third-order valence-electron chi connectivity index (χ3n) is 3.18. The van der Waals surface area contributed by atoms with Crippen molar-refractivity contribution in [2.24, 2.45) is 0 Å². The summed E-state index contributed by atoms with van der Waals surface area (Å²) in [6.45, 7) is 2.23. The smallest absolute Gasteiger partial charge is 0.115 e. The van der Waals surface area contributed by atoms with Crippen LogP contribution < -0.4 is 5.32 Å². The number of nitrogens with one attached hydrogen (secondary N) is 1. The SMILES string of the molecule is CCCCCc1ccc(Nc2ccc(O)cc2)cc1. The van der Waals surface area contributed by atoms with E-state index in [0.717, 1.165) is 17.8 Å². The minimum atomic E-state index is 0.289. The zero-order chi connectivity index (χ0) is 13.5. The summed E-state index contributed by atoms with van der Waals surface area (Å²) in [6.07, 6.45) is 4.99. The lowest BCUT2D eigenvalue weighted by atomic mass is 10.1. The van der Waals surface area contributed by atoms with E-state index in [1.54, 1.807) is 12.1 Å². The van der Waals surface area contributed by atoms with Crippen LogP contribution in [0.2, 0.25) is 0 Å². The first-order valence-corrected chi connectivity index (χ1v) is 6.93. The van der Waals surface area contributed by atoms with E-state index < -0.39 is 0 Å². The molecule has 0 aliphatic carbocycles. The van der Waals surface area contributed by atoms with Gasteiger partial charge in [0.2, 0.25) is 0 Å². The molecular formula is C17H21NO. The highest BCUT2D eigenvalue weighted by Gasteiger charge is 1.97. The molecule has 0 aliphatic heterocycles. The summed E-state index contributed by atoms with van der Waals surface area (Å²) >= 11 is 0. The first kappa shape index (κ1) is 13.5. The number of rotatable bonds is 6. The average molecular weight is 255 g/mol. The molecule has 0 heterocycles. The summed E-state index contributed by atoms with van der Waals surface area (Å²) in [4.78, 5) is 0. The number of phenolic OH excluding ortho intramolecular Hbond substituents is 1. The zero-order valence-corrected chi connectivity index (χ0v) is 11.4. The first-order chi connectivity index (χ1) is 9.28. The predicted octanol–water partition coefficient (Wildman–Crippen LogP) is 4.87. The van der Waals surface area contributed by atoms with Gasteiger partial charge in [-0.25, -0.2) is 0 Å². The van der Waals surface area contributed by atoms with Gasteiger partial charge in [0.25, 0.3) is 0 Å². The minimum Gasteiger partial charge on any atom is -0.508 e. The highest BCUT2D eigenvalue weighted by atomic mass is 16.3. The van der Waals surface area contributed by atoms with E-state index in [1.165, 1.54) is 24.8 Å². The Morgan fingerprint density at radius 2 is 1.42 bits per heavy atom. The molecule has 0 spiro atoms. The van der Waals surface area contributed by atoms with Crippen molar-refractivity contribution < 1.29 is 5.11 Å². The molecular weight excluding hydrogens is 234 g/mol. The highest BCUT2D eigenvalue weighted by Crippen LogP contribution is 2.20. The Kier molecular flexibility index (Phi) is 4.85. The first-order valence-electron chi connectivity index (χ1n) is 6.93. The van der Waals surface area contributed by atoms with Crippen LogP contribution in [0.1, 0.15) is 31.7 Å². The molecule has 0 radical (unpaired) electrons. The predicted molar refractivity (Wildman–Crippen MR) is 81.1 cm³/mol. The molecule has 0 aromatic heterocycles. The summed E-state index contributed by atoms with van der Waals surface area (Å²) in [5.41, 5.74) is 3.45. The Bertz CT molecular complexity index is 488. The molecule has 2 rings (SSSR count). The lowest BCUT2D eigenvalue weighted by molar-refractivity contribution is 0.475. The number of benzene rings is 2. The van der Waals surface area contributed by atoms with Gasteiger partial charge < -0.3 is 10.4 Å². The van der Waals surface area contributed by atoms with Gasteiger partial charge in [-0.15, -0.1) is 0 Å². The van der Waals surface area contributed by atoms with Crippen LogP contribution in [-0.4, -0.2) is 5.11 Å². The van der Waals surface area contributed by atoms with E-state index in [4.69, 9.17) is 0 Å². The second kappa shape index (κ2) is 6.83. The van der Waals surface area contributed by atoms with Crippen LogP contribution in [0.15, 0.2) is 48.5 Å². The van der Waals surface area contributed by atoms with Crippen LogP contribution in [0.3, 0.4) is 0 Å². The van der Waals surface area contributed by atoms with E-state index >= 15 is 0 Å². The molecule has 0 amide bonds. The maximum atomic E-state index is 9.23. The molecule has 0 atom stereocenters. The van der Waals surface area contributed by atoms with Crippen LogP contribution in [0.25, 0.3) is 0 Å². The lowest BCUT2D eigenvalue weighted by Gasteiger charge is -2.07. The fourth-order valence-electron chi connectivity index (χ4n) is 2.05. The number of anilines is 2. The number of phenols is 1. The van der Waals surface area contributed by atoms with Gasteiger partial charge in [0.15, 0.2) is 0 Å². The van der Waals surface area contributed by atoms with E-state index in [-0.39, 0.29) is 5.75 Å². The molecule has 0 saturated carbocycles. The molecule has 2 aromatic rings. The van der Waals surface area contributed by atoms with Gasteiger partial charge in [0.05, 0.1) is 0 Å². The van der Waals surface area contributed by atoms with Crippen LogP contribution in [0.5, 0.6) is 5.75 Å². The topological polar surface area (TPSA) is 32.3 Å². The maximum Gasteiger partial charge on any atom is 0.115 e. The molecule has 19 heavy (non-hydrogen) atoms. The normalized spacial score (nSPS) is 10.4. The van der Waals surface area contributed by atoms with E-state index in [2.05, 4.69) is 36.5 Å². The van der Waals surface area contributed by atoms with E-state index in [1.807, 2.05) is 12.1 Å². The fraction of sp³-hybridized carbons (Fsp3) is 0.294. The van der Waals surface area contributed by atoms with Crippen LogP contribution in [0, 0.1) is 0 Å². The number of hydrogen-bond acceptors (Lipinski definition) is 2. The van der Waals surface area contributed by atoms with Crippen molar-refractivity contribution in [1.82, 2.24) is 0 Å². The zero-order valence-electron chi connectivity index (χ0n) is 11.4. The summed E-state index contributed by atoms with van der Waals surface area (Å²) in [7, 11) is 0. The Morgan fingerprint density at radius 1 is 0.842 bits per heavy atom. The van der Waals surface area contributed by atoms with Gasteiger partial charge in [0, 0.05) is 11.4 Å². The molecule has 2 aromatic carbocycles. The van der Waals surface area contributed by atoms with Crippen LogP contribution in [-0.2, 0) is 6.42 Å². The van der Waals surface area contributed by atoms with Crippen molar-refractivity contribution in [2.45, 2.75) is 32.6 Å². The molecule has 100 valence electrons. The number of aryl methyl sites for hydroxylation is 1. The third-order valence-corrected chi connectivity index (χ3v) is 3.18. The van der Waals surface area contributed by atoms with Crippen molar-refractivity contribution >= 4 is 11.4 Å². The molecule has 0 unspecified atom stereocenters. The Hall–Kier alpha value is -1.96. The van der Waals surface area contributed by atoms with Gasteiger partial charge in [-0.2, -0.15) is 0 Å². The van der Waals surface area contributed by atoms with Crippen molar-refractivity contribution in [3.8, 4) is 5.75 Å². The number of unbranched alkanes of at least 4 members (excludes halogenated alkanes) is 2. The van der Waals surface area contributed by atoms with Crippen molar-refractivity contribution in [1.29, 1.82) is 0 Å². The molecule has 0 aliphatic rings. The van der Waals surface area contributed by atoms with Crippen molar-refractivity contribution in [2.75, 3.05) is 5.32 Å². The second-order valence-electron chi connectivity index (χ2n) is 4.83. The van der Waals surface area contributed by atoms with Gasteiger partial charge in [-0.05, 0) is 54.8 Å². The number of aromatic hydroxyl groups is 1. The number of hydrogen-bond donors (Lipinski definition) is 2. The summed E-state index contributed by atoms with van der Waals surface area (Å²) < 4.78 is 0. The second-order valence-corrected chi connectivity index (χ2v) is 4.83. The Morgan fingerprint density at radius 3 is 2.00 bits per heavy atom. The summed E-state index contributed by atoms with van der Waals surface area (Å²) in [5, 5.41) is 12.5. The summed E-state index contributed by atoms with van der Waals surface area (Å²) in [6, 6.07) is 15.7. The van der Waals surface area contributed by atoms with Crippen molar-refractivity contribution in [3.05, 3.63) is 54.1 Å². The minimum absolute atomic E-state index is 0.289. The molecule has 2 heteroatoms. The molecule has 2 N–H and O–H groups in total. The highest BCUT2D eigenvalue weighted by molar-refractivity contribution is 5.60. The third kappa shape index (κ3) is 4.32. The van der Waals surface area contributed by atoms with Crippen LogP contribution in [0.4, 0.5) is 11.4 Å². The maximum absolute atomic E-state index is 9.23. The Labute approximate surface area is 115 Å². The largest absolute Gasteiger partial charge is 0.508 e. The van der Waals surface area contributed by atoms with Crippen LogP contribution >= 0.6 is 0 Å². The monoisotopic (exact) mass is 255 g/mol. The van der Waals surface area contributed by atoms with Gasteiger partial charge in [0.1, 0.15) is 5.75 Å². The quantitative estimate of drug-likeness (QED) is 0.570. The molecule has 2 nitrogen and oxygen atoms in total. The standard InChI is InChI=1S/C17H21NO/c1-2-3-4-5-14-6-8-15(9-7-14)18-16-10-12-17(19)13-11-16/h6-13,18-19H,2-5H2,1H3. The van der Waals surface area contributed by atoms with Gasteiger partial charge in [-0.3, -0.25) is 0 Å². The summed E-state index contributed by atoms with van der Waals surface area (Å²) in [5.74, 6) is 0.289. The average Bonchev–Trinajstić information content (AvgIpc) is 2.44. The van der Waals surface area contributed by atoms with Crippen molar-refractivity contribution in [3.63, 3.8) is 0 Å². The van der Waals surface area contributed by atoms with E-state index in [9.17, 15) is 5.11 Å². The molecule has 0 saturated heterocycles.